The molecule has 0 aliphatic heterocycles. The van der Waals surface area contributed by atoms with Gasteiger partial charge in [0.05, 0.1) is 11.6 Å². The number of nitrogens with zero attached hydrogens (tertiary/aromatic N) is 1. The summed E-state index contributed by atoms with van der Waals surface area (Å²) in [6, 6.07) is 10.7. The topological polar surface area (TPSA) is 23.8 Å². The van der Waals surface area contributed by atoms with Crippen LogP contribution < -0.4 is 0 Å². The zero-order valence-electron chi connectivity index (χ0n) is 17.9. The summed E-state index contributed by atoms with van der Waals surface area (Å²) < 4.78 is 0. The zero-order valence-corrected chi connectivity index (χ0v) is 17.9. The second-order valence-corrected chi connectivity index (χ2v) is 10.3. The highest BCUT2D eigenvalue weighted by Crippen LogP contribution is 2.48. The van der Waals surface area contributed by atoms with Crippen molar-refractivity contribution in [2.75, 3.05) is 0 Å². The van der Waals surface area contributed by atoms with Crippen LogP contribution in [0.1, 0.15) is 107 Å². The summed E-state index contributed by atoms with van der Waals surface area (Å²) in [6.45, 7) is 2.37. The Kier molecular flexibility index (Phi) is 6.77. The molecule has 4 rings (SSSR count). The van der Waals surface area contributed by atoms with Gasteiger partial charge in [-0.05, 0) is 85.3 Å². The molecule has 28 heavy (non-hydrogen) atoms. The molecule has 3 saturated carbocycles. The normalized spacial score (nSPS) is 35.7. The van der Waals surface area contributed by atoms with E-state index in [4.69, 9.17) is 5.26 Å². The fraction of sp³-hybridized carbons (Fsp3) is 0.741. The zero-order chi connectivity index (χ0) is 19.3. The van der Waals surface area contributed by atoms with Crippen LogP contribution in [-0.4, -0.2) is 0 Å². The fourth-order valence-corrected chi connectivity index (χ4v) is 6.78. The number of hydrogen-bond acceptors (Lipinski definition) is 1. The van der Waals surface area contributed by atoms with Gasteiger partial charge in [0, 0.05) is 0 Å². The van der Waals surface area contributed by atoms with Gasteiger partial charge in [0.2, 0.25) is 0 Å². The summed E-state index contributed by atoms with van der Waals surface area (Å²) in [4.78, 5) is 0. The van der Waals surface area contributed by atoms with Gasteiger partial charge in [-0.2, -0.15) is 5.26 Å². The molecule has 1 nitrogen and oxygen atoms in total. The predicted octanol–water partition coefficient (Wildman–Crippen LogP) is 7.85. The van der Waals surface area contributed by atoms with E-state index in [-0.39, 0.29) is 0 Å². The van der Waals surface area contributed by atoms with Crippen molar-refractivity contribution in [2.45, 2.75) is 96.3 Å². The summed E-state index contributed by atoms with van der Waals surface area (Å²) in [5, 5.41) is 9.02. The van der Waals surface area contributed by atoms with Crippen molar-refractivity contribution in [1.82, 2.24) is 0 Å². The maximum absolute atomic E-state index is 9.02. The lowest BCUT2D eigenvalue weighted by Gasteiger charge is -2.42. The molecule has 1 heteroatoms. The third kappa shape index (κ3) is 4.82. The van der Waals surface area contributed by atoms with Gasteiger partial charge in [-0.1, -0.05) is 70.4 Å². The lowest BCUT2D eigenvalue weighted by Crippen LogP contribution is -2.30. The van der Waals surface area contributed by atoms with Gasteiger partial charge in [0.15, 0.2) is 0 Å². The van der Waals surface area contributed by atoms with Crippen LogP contribution in [0.25, 0.3) is 0 Å². The highest BCUT2D eigenvalue weighted by Gasteiger charge is 2.36. The summed E-state index contributed by atoms with van der Waals surface area (Å²) in [7, 11) is 0. The molecule has 0 bridgehead atoms. The molecule has 4 unspecified atom stereocenters. The standard InChI is InChI=1S/C27H39N/c1-2-20-3-5-21(6-4-20)7-8-22-9-14-27-18-26(16-15-25(27)17-22)24-12-10-23(19-28)11-13-24/h10-13,20-22,25-27H,2-9,14-18H2,1H3. The second-order valence-electron chi connectivity index (χ2n) is 10.3. The molecule has 3 aliphatic rings. The van der Waals surface area contributed by atoms with Gasteiger partial charge in [-0.15, -0.1) is 0 Å². The number of nitriles is 1. The number of fused-ring (bicyclic) bond motifs is 1. The van der Waals surface area contributed by atoms with Crippen LogP contribution in [0, 0.1) is 40.9 Å². The molecular weight excluding hydrogens is 338 g/mol. The van der Waals surface area contributed by atoms with Crippen LogP contribution in [0.5, 0.6) is 0 Å². The van der Waals surface area contributed by atoms with E-state index in [1.165, 1.54) is 89.0 Å². The Morgan fingerprint density at radius 3 is 2.07 bits per heavy atom. The van der Waals surface area contributed by atoms with Gasteiger partial charge < -0.3 is 0 Å². The molecule has 0 aromatic heterocycles. The molecule has 0 amide bonds. The first-order valence-corrected chi connectivity index (χ1v) is 12.2. The van der Waals surface area contributed by atoms with Crippen LogP contribution in [0.15, 0.2) is 24.3 Å². The van der Waals surface area contributed by atoms with Gasteiger partial charge in [-0.3, -0.25) is 0 Å². The molecule has 1 aromatic carbocycles. The van der Waals surface area contributed by atoms with Gasteiger partial charge in [0.1, 0.15) is 0 Å². The fourth-order valence-electron chi connectivity index (χ4n) is 6.78. The molecule has 0 heterocycles. The third-order valence-electron chi connectivity index (χ3n) is 8.76. The summed E-state index contributed by atoms with van der Waals surface area (Å²) in [5.41, 5.74) is 2.27. The van der Waals surface area contributed by atoms with E-state index in [1.807, 2.05) is 12.1 Å². The molecule has 0 N–H and O–H groups in total. The largest absolute Gasteiger partial charge is 0.192 e. The summed E-state index contributed by atoms with van der Waals surface area (Å²) in [6.07, 6.45) is 19.2. The molecule has 152 valence electrons. The Balaban J connectivity index is 1.22. The lowest BCUT2D eigenvalue weighted by atomic mass is 9.63. The van der Waals surface area contributed by atoms with Crippen LogP contribution in [0.3, 0.4) is 0 Å². The molecule has 0 radical (unpaired) electrons. The highest BCUT2D eigenvalue weighted by molar-refractivity contribution is 5.33. The van der Waals surface area contributed by atoms with Crippen molar-refractivity contribution in [1.29, 1.82) is 5.26 Å². The quantitative estimate of drug-likeness (QED) is 0.512. The first-order valence-electron chi connectivity index (χ1n) is 12.2. The average molecular weight is 378 g/mol. The first kappa shape index (κ1) is 20.0. The maximum atomic E-state index is 9.02. The Morgan fingerprint density at radius 2 is 1.36 bits per heavy atom. The molecule has 1 aromatic rings. The van der Waals surface area contributed by atoms with Crippen molar-refractivity contribution < 1.29 is 0 Å². The molecule has 3 fully saturated rings. The van der Waals surface area contributed by atoms with Crippen molar-refractivity contribution in [3.05, 3.63) is 35.4 Å². The molecular formula is C27H39N. The smallest absolute Gasteiger partial charge is 0.0991 e. The van der Waals surface area contributed by atoms with E-state index in [9.17, 15) is 0 Å². The van der Waals surface area contributed by atoms with E-state index in [1.54, 1.807) is 0 Å². The van der Waals surface area contributed by atoms with Crippen molar-refractivity contribution in [2.24, 2.45) is 29.6 Å². The SMILES string of the molecule is CCC1CCC(CCC2CCC3CC(c4ccc(C#N)cc4)CCC3C2)CC1. The van der Waals surface area contributed by atoms with E-state index in [2.05, 4.69) is 25.1 Å². The average Bonchev–Trinajstić information content (AvgIpc) is 2.77. The third-order valence-corrected chi connectivity index (χ3v) is 8.76. The Bertz CT molecular complexity index is 646. The monoisotopic (exact) mass is 377 g/mol. The number of rotatable bonds is 5. The van der Waals surface area contributed by atoms with E-state index < -0.39 is 0 Å². The Labute approximate surface area is 172 Å². The summed E-state index contributed by atoms with van der Waals surface area (Å²) in [5.74, 6) is 5.82. The van der Waals surface area contributed by atoms with Gasteiger partial charge in [0.25, 0.3) is 0 Å². The van der Waals surface area contributed by atoms with Crippen molar-refractivity contribution in [3.63, 3.8) is 0 Å². The minimum atomic E-state index is 0.735. The van der Waals surface area contributed by atoms with Gasteiger partial charge >= 0.3 is 0 Å². The maximum Gasteiger partial charge on any atom is 0.0991 e. The van der Waals surface area contributed by atoms with E-state index in [0.29, 0.717) is 0 Å². The molecule has 4 atom stereocenters. The molecule has 3 aliphatic carbocycles. The minimum absolute atomic E-state index is 0.735. The highest BCUT2D eigenvalue weighted by atomic mass is 14.4. The summed E-state index contributed by atoms with van der Waals surface area (Å²) >= 11 is 0. The minimum Gasteiger partial charge on any atom is -0.192 e. The van der Waals surface area contributed by atoms with Crippen LogP contribution >= 0.6 is 0 Å². The van der Waals surface area contributed by atoms with Crippen LogP contribution in [0.2, 0.25) is 0 Å². The van der Waals surface area contributed by atoms with Crippen LogP contribution in [0.4, 0.5) is 0 Å². The predicted molar refractivity (Wildman–Crippen MR) is 117 cm³/mol. The van der Waals surface area contributed by atoms with E-state index in [0.717, 1.165) is 41.1 Å². The van der Waals surface area contributed by atoms with Crippen molar-refractivity contribution in [3.8, 4) is 6.07 Å². The molecule has 0 spiro atoms. The Morgan fingerprint density at radius 1 is 0.750 bits per heavy atom. The Hall–Kier alpha value is -1.29. The van der Waals surface area contributed by atoms with Gasteiger partial charge in [-0.25, -0.2) is 0 Å². The first-order chi connectivity index (χ1) is 13.7. The van der Waals surface area contributed by atoms with E-state index >= 15 is 0 Å². The lowest BCUT2D eigenvalue weighted by molar-refractivity contribution is 0.109. The molecule has 0 saturated heterocycles. The number of hydrogen-bond donors (Lipinski definition) is 0. The van der Waals surface area contributed by atoms with Crippen LogP contribution in [-0.2, 0) is 0 Å². The van der Waals surface area contributed by atoms with Crippen molar-refractivity contribution >= 4 is 0 Å². The number of benzene rings is 1. The second kappa shape index (κ2) is 9.47.